The van der Waals surface area contributed by atoms with Gasteiger partial charge in [-0.1, -0.05) is 0 Å². The summed E-state index contributed by atoms with van der Waals surface area (Å²) in [5.74, 6) is 0.531. The molecule has 1 heterocycles. The molecule has 108 valence electrons. The van der Waals surface area contributed by atoms with Crippen molar-refractivity contribution in [2.75, 3.05) is 6.54 Å². The van der Waals surface area contributed by atoms with Crippen molar-refractivity contribution in [3.8, 4) is 0 Å². The molecule has 2 rings (SSSR count). The Morgan fingerprint density at radius 1 is 1.53 bits per heavy atom. The Kier molecular flexibility index (Phi) is 4.72. The van der Waals surface area contributed by atoms with Gasteiger partial charge in [0, 0.05) is 24.0 Å². The molecule has 1 aromatic rings. The molecule has 1 aromatic heterocycles. The maximum atomic E-state index is 12.7. The van der Waals surface area contributed by atoms with Gasteiger partial charge in [-0.2, -0.15) is 4.31 Å². The van der Waals surface area contributed by atoms with Gasteiger partial charge in [-0.15, -0.1) is 11.3 Å². The summed E-state index contributed by atoms with van der Waals surface area (Å²) in [7, 11) is -3.43. The van der Waals surface area contributed by atoms with Gasteiger partial charge in [0.15, 0.2) is 0 Å². The van der Waals surface area contributed by atoms with E-state index < -0.39 is 10.0 Å². The minimum absolute atomic E-state index is 0.0290. The summed E-state index contributed by atoms with van der Waals surface area (Å²) in [6, 6.07) is 1.66. The van der Waals surface area contributed by atoms with E-state index in [0.717, 1.165) is 17.7 Å². The Balaban J connectivity index is 2.34. The van der Waals surface area contributed by atoms with Crippen LogP contribution >= 0.6 is 27.3 Å². The number of hydrogen-bond donors (Lipinski definition) is 1. The molecule has 1 aliphatic carbocycles. The van der Waals surface area contributed by atoms with Crippen LogP contribution in [0.3, 0.4) is 0 Å². The zero-order valence-electron chi connectivity index (χ0n) is 11.1. The molecular weight excluding hydrogens is 348 g/mol. The molecule has 0 aromatic carbocycles. The van der Waals surface area contributed by atoms with Crippen LogP contribution in [0.4, 0.5) is 0 Å². The molecule has 0 atom stereocenters. The summed E-state index contributed by atoms with van der Waals surface area (Å²) in [4.78, 5) is 1.23. The summed E-state index contributed by atoms with van der Waals surface area (Å²) in [5, 5.41) is 0. The molecule has 19 heavy (non-hydrogen) atoms. The zero-order valence-corrected chi connectivity index (χ0v) is 14.3. The molecule has 1 aliphatic rings. The fraction of sp³-hybridized carbons (Fsp3) is 0.667. The molecule has 1 saturated carbocycles. The summed E-state index contributed by atoms with van der Waals surface area (Å²) in [5.41, 5.74) is 5.58. The molecule has 0 aliphatic heterocycles. The Morgan fingerprint density at radius 2 is 2.16 bits per heavy atom. The molecule has 0 saturated heterocycles. The average Bonchev–Trinajstić information content (AvgIpc) is 3.07. The molecule has 2 N–H and O–H groups in total. The number of sulfonamides is 1. The topological polar surface area (TPSA) is 63.4 Å². The van der Waals surface area contributed by atoms with Gasteiger partial charge in [-0.25, -0.2) is 8.42 Å². The summed E-state index contributed by atoms with van der Waals surface area (Å²) in [6.07, 6.45) is 2.27. The molecule has 7 heteroatoms. The van der Waals surface area contributed by atoms with Crippen molar-refractivity contribution in [3.05, 3.63) is 14.7 Å². The fourth-order valence-electron chi connectivity index (χ4n) is 1.94. The zero-order chi connectivity index (χ0) is 14.2. The lowest BCUT2D eigenvalue weighted by Crippen LogP contribution is -2.38. The lowest BCUT2D eigenvalue weighted by molar-refractivity contribution is 0.341. The summed E-state index contributed by atoms with van der Waals surface area (Å²) >= 11 is 4.74. The van der Waals surface area contributed by atoms with Gasteiger partial charge >= 0.3 is 0 Å². The first kappa shape index (κ1) is 15.4. The predicted molar refractivity (Wildman–Crippen MR) is 81.7 cm³/mol. The molecular formula is C12H19BrN2O2S2. The van der Waals surface area contributed by atoms with Gasteiger partial charge in [0.25, 0.3) is 0 Å². The van der Waals surface area contributed by atoms with Crippen LogP contribution in [0, 0.1) is 5.92 Å². The molecule has 0 radical (unpaired) electrons. The highest BCUT2D eigenvalue weighted by Crippen LogP contribution is 2.37. The molecule has 1 fully saturated rings. The van der Waals surface area contributed by atoms with Crippen molar-refractivity contribution in [1.29, 1.82) is 0 Å². The van der Waals surface area contributed by atoms with E-state index in [1.807, 2.05) is 13.8 Å². The van der Waals surface area contributed by atoms with Crippen molar-refractivity contribution in [3.63, 3.8) is 0 Å². The van der Waals surface area contributed by atoms with E-state index in [-0.39, 0.29) is 6.04 Å². The standard InChI is InChI=1S/C12H19BrN2O2S2/c1-8(2)15(7-9-3-4-9)19(16,17)11-5-10(6-14)18-12(11)13/h5,8-9H,3-4,6-7,14H2,1-2H3. The summed E-state index contributed by atoms with van der Waals surface area (Å²) < 4.78 is 27.8. The normalized spacial score (nSPS) is 16.5. The van der Waals surface area contributed by atoms with Crippen molar-refractivity contribution < 1.29 is 8.42 Å². The maximum absolute atomic E-state index is 12.7. The average molecular weight is 367 g/mol. The van der Waals surface area contributed by atoms with Gasteiger partial charge in [0.05, 0.1) is 3.79 Å². The second kappa shape index (κ2) is 5.81. The smallest absolute Gasteiger partial charge is 0.245 e. The lowest BCUT2D eigenvalue weighted by atomic mass is 10.3. The van der Waals surface area contributed by atoms with E-state index in [4.69, 9.17) is 5.73 Å². The Morgan fingerprint density at radius 3 is 2.58 bits per heavy atom. The van der Waals surface area contributed by atoms with Crippen molar-refractivity contribution in [1.82, 2.24) is 4.31 Å². The highest BCUT2D eigenvalue weighted by molar-refractivity contribution is 9.11. The first-order valence-corrected chi connectivity index (χ1v) is 9.41. The molecule has 0 bridgehead atoms. The van der Waals surface area contributed by atoms with Crippen LogP contribution < -0.4 is 5.73 Å². The highest BCUT2D eigenvalue weighted by atomic mass is 79.9. The number of nitrogens with two attached hydrogens (primary N) is 1. The van der Waals surface area contributed by atoms with E-state index >= 15 is 0 Å². The van der Waals surface area contributed by atoms with Gasteiger partial charge < -0.3 is 5.73 Å². The lowest BCUT2D eigenvalue weighted by Gasteiger charge is -2.25. The van der Waals surface area contributed by atoms with Crippen molar-refractivity contribution in [2.45, 2.75) is 44.2 Å². The van der Waals surface area contributed by atoms with Crippen LogP contribution in [-0.4, -0.2) is 25.3 Å². The van der Waals surface area contributed by atoms with Crippen LogP contribution in [-0.2, 0) is 16.6 Å². The summed E-state index contributed by atoms with van der Waals surface area (Å²) in [6.45, 7) is 4.83. The minimum atomic E-state index is -3.43. The maximum Gasteiger partial charge on any atom is 0.245 e. The Bertz CT molecular complexity index is 550. The fourth-order valence-corrected chi connectivity index (χ4v) is 6.17. The monoisotopic (exact) mass is 366 g/mol. The number of rotatable bonds is 6. The van der Waals surface area contributed by atoms with Crippen LogP contribution in [0.1, 0.15) is 31.6 Å². The molecule has 4 nitrogen and oxygen atoms in total. The van der Waals surface area contributed by atoms with Gasteiger partial charge in [0.1, 0.15) is 4.90 Å². The first-order valence-electron chi connectivity index (χ1n) is 6.36. The second-order valence-electron chi connectivity index (χ2n) is 5.17. The molecule has 0 spiro atoms. The number of thiophene rings is 1. The van der Waals surface area contributed by atoms with Crippen molar-refractivity contribution in [2.24, 2.45) is 11.7 Å². The van der Waals surface area contributed by atoms with Crippen LogP contribution in [0.15, 0.2) is 14.7 Å². The highest BCUT2D eigenvalue weighted by Gasteiger charge is 2.35. The third-order valence-electron chi connectivity index (χ3n) is 3.21. The quantitative estimate of drug-likeness (QED) is 0.841. The Labute approximate surface area is 127 Å². The first-order chi connectivity index (χ1) is 8.86. The van der Waals surface area contributed by atoms with Gasteiger partial charge in [-0.05, 0) is 54.6 Å². The van der Waals surface area contributed by atoms with E-state index in [2.05, 4.69) is 15.9 Å². The third kappa shape index (κ3) is 3.39. The molecule has 0 amide bonds. The van der Waals surface area contributed by atoms with Crippen LogP contribution in [0.25, 0.3) is 0 Å². The van der Waals surface area contributed by atoms with E-state index in [1.54, 1.807) is 10.4 Å². The van der Waals surface area contributed by atoms with Crippen molar-refractivity contribution >= 4 is 37.3 Å². The van der Waals surface area contributed by atoms with E-state index in [0.29, 0.717) is 27.7 Å². The second-order valence-corrected chi connectivity index (χ2v) is 9.48. The third-order valence-corrected chi connectivity index (χ3v) is 7.52. The number of hydrogen-bond acceptors (Lipinski definition) is 4. The number of nitrogens with zero attached hydrogens (tertiary/aromatic N) is 1. The SMILES string of the molecule is CC(C)N(CC1CC1)S(=O)(=O)c1cc(CN)sc1Br. The van der Waals surface area contributed by atoms with Crippen LogP contribution in [0.5, 0.6) is 0 Å². The van der Waals surface area contributed by atoms with Crippen LogP contribution in [0.2, 0.25) is 0 Å². The predicted octanol–water partition coefficient (Wildman–Crippen LogP) is 2.78. The van der Waals surface area contributed by atoms with Gasteiger partial charge in [-0.3, -0.25) is 0 Å². The van der Waals surface area contributed by atoms with Gasteiger partial charge in [0.2, 0.25) is 10.0 Å². The Hall–Kier alpha value is 0.0500. The van der Waals surface area contributed by atoms with E-state index in [1.165, 1.54) is 11.3 Å². The largest absolute Gasteiger partial charge is 0.326 e. The molecule has 0 unspecified atom stereocenters. The van der Waals surface area contributed by atoms with E-state index in [9.17, 15) is 8.42 Å². The minimum Gasteiger partial charge on any atom is -0.326 e. The number of halogens is 1.